The first kappa shape index (κ1) is 14.0. The largest absolute Gasteiger partial charge is 0.492 e. The van der Waals surface area contributed by atoms with E-state index in [1.165, 1.54) is 0 Å². The van der Waals surface area contributed by atoms with Gasteiger partial charge in [0, 0.05) is 11.6 Å². The van der Waals surface area contributed by atoms with E-state index in [2.05, 4.69) is 10.2 Å². The Balaban J connectivity index is 2.15. The van der Waals surface area contributed by atoms with Gasteiger partial charge >= 0.3 is 0 Å². The highest BCUT2D eigenvalue weighted by Gasteiger charge is 2.33. The van der Waals surface area contributed by atoms with E-state index >= 15 is 0 Å². The molecule has 1 aliphatic rings. The van der Waals surface area contributed by atoms with Crippen molar-refractivity contribution in [3.63, 3.8) is 0 Å². The van der Waals surface area contributed by atoms with Crippen molar-refractivity contribution in [2.75, 3.05) is 6.61 Å². The van der Waals surface area contributed by atoms with Gasteiger partial charge in [0.1, 0.15) is 18.2 Å². The molecule has 21 heavy (non-hydrogen) atoms. The molecule has 0 radical (unpaired) electrons. The normalized spacial score (nSPS) is 17.8. The van der Waals surface area contributed by atoms with Crippen LogP contribution in [-0.4, -0.2) is 29.8 Å². The summed E-state index contributed by atoms with van der Waals surface area (Å²) in [5.41, 5.74) is 0.979. The van der Waals surface area contributed by atoms with Gasteiger partial charge in [0.25, 0.3) is 15.2 Å². The van der Waals surface area contributed by atoms with Crippen LogP contribution in [0.5, 0.6) is 5.75 Å². The summed E-state index contributed by atoms with van der Waals surface area (Å²) in [5, 5.41) is 12.8. The molecule has 2 aromatic rings. The van der Waals surface area contributed by atoms with Crippen LogP contribution in [0.25, 0.3) is 0 Å². The third-order valence-corrected chi connectivity index (χ3v) is 4.26. The fourth-order valence-corrected chi connectivity index (χ4v) is 3.31. The van der Waals surface area contributed by atoms with Gasteiger partial charge in [-0.1, -0.05) is 18.2 Å². The van der Waals surface area contributed by atoms with Crippen molar-refractivity contribution < 1.29 is 13.2 Å². The number of sulfonamides is 1. The molecule has 112 valence electrons. The molecule has 0 fully saturated rings. The molecular formula is C13H16N4O3S. The zero-order valence-electron chi connectivity index (χ0n) is 11.7. The number of ether oxygens (including phenoxy) is 1. The number of hydrogen-bond donors (Lipinski definition) is 1. The molecular weight excluding hydrogens is 292 g/mol. The zero-order chi connectivity index (χ0) is 15.2. The third kappa shape index (κ3) is 2.30. The van der Waals surface area contributed by atoms with E-state index < -0.39 is 10.0 Å². The molecule has 1 aromatic carbocycles. The first-order valence-electron chi connectivity index (χ1n) is 6.59. The summed E-state index contributed by atoms with van der Waals surface area (Å²) < 4.78 is 30.5. The molecule has 1 aliphatic heterocycles. The van der Waals surface area contributed by atoms with Crippen LogP contribution >= 0.6 is 0 Å². The van der Waals surface area contributed by atoms with Crippen LogP contribution < -0.4 is 9.88 Å². The molecule has 1 unspecified atom stereocenters. The number of hydrogen-bond acceptors (Lipinski definition) is 5. The molecule has 7 nitrogen and oxygen atoms in total. The second-order valence-electron chi connectivity index (χ2n) is 5.25. The number of aromatic nitrogens is 3. The van der Waals surface area contributed by atoms with Crippen molar-refractivity contribution in [2.45, 2.75) is 31.0 Å². The standard InChI is InChI=1S/C13H16N4O3S/c1-8(2)17-12(15-16-13(17)21(14,18)19)10-7-20-11-6-4-3-5-9(10)11/h3-6,8,10H,7H2,1-2H3,(H2,14,18,19). The molecule has 2 N–H and O–H groups in total. The van der Waals surface area contributed by atoms with Gasteiger partial charge in [-0.3, -0.25) is 4.57 Å². The van der Waals surface area contributed by atoms with Gasteiger partial charge in [-0.15, -0.1) is 10.2 Å². The number of nitrogens with two attached hydrogens (primary N) is 1. The van der Waals surface area contributed by atoms with E-state index in [9.17, 15) is 8.42 Å². The summed E-state index contributed by atoms with van der Waals surface area (Å²) in [6.45, 7) is 4.14. The molecule has 1 aromatic heterocycles. The van der Waals surface area contributed by atoms with Crippen molar-refractivity contribution in [3.05, 3.63) is 35.7 Å². The molecule has 0 spiro atoms. The van der Waals surface area contributed by atoms with E-state index in [1.807, 2.05) is 38.1 Å². The number of benzene rings is 1. The maximum Gasteiger partial charge on any atom is 0.273 e. The minimum atomic E-state index is -3.92. The van der Waals surface area contributed by atoms with Gasteiger partial charge in [0.05, 0.1) is 5.92 Å². The Morgan fingerprint density at radius 3 is 2.71 bits per heavy atom. The van der Waals surface area contributed by atoms with E-state index in [-0.39, 0.29) is 17.1 Å². The smallest absolute Gasteiger partial charge is 0.273 e. The lowest BCUT2D eigenvalue weighted by Crippen LogP contribution is -2.22. The molecule has 8 heteroatoms. The van der Waals surface area contributed by atoms with Gasteiger partial charge in [-0.25, -0.2) is 13.6 Å². The van der Waals surface area contributed by atoms with Crippen molar-refractivity contribution in [3.8, 4) is 5.75 Å². The van der Waals surface area contributed by atoms with Gasteiger partial charge in [-0.05, 0) is 19.9 Å². The van der Waals surface area contributed by atoms with Crippen molar-refractivity contribution >= 4 is 10.0 Å². The molecule has 0 saturated heterocycles. The van der Waals surface area contributed by atoms with Crippen LogP contribution in [0.15, 0.2) is 29.4 Å². The highest BCUT2D eigenvalue weighted by Crippen LogP contribution is 2.38. The van der Waals surface area contributed by atoms with Crippen LogP contribution in [0.1, 0.15) is 37.2 Å². The Hall–Kier alpha value is -1.93. The Morgan fingerprint density at radius 1 is 1.33 bits per heavy atom. The fraction of sp³-hybridized carbons (Fsp3) is 0.385. The number of fused-ring (bicyclic) bond motifs is 1. The minimum Gasteiger partial charge on any atom is -0.492 e. The highest BCUT2D eigenvalue weighted by atomic mass is 32.2. The third-order valence-electron chi connectivity index (χ3n) is 3.47. The zero-order valence-corrected chi connectivity index (χ0v) is 12.5. The maximum atomic E-state index is 11.7. The van der Waals surface area contributed by atoms with Crippen molar-refractivity contribution in [1.82, 2.24) is 14.8 Å². The Morgan fingerprint density at radius 2 is 2.05 bits per heavy atom. The predicted octanol–water partition coefficient (Wildman–Crippen LogP) is 1.03. The number of rotatable bonds is 3. The molecule has 0 saturated carbocycles. The number of nitrogens with zero attached hydrogens (tertiary/aromatic N) is 3. The van der Waals surface area contributed by atoms with Gasteiger partial charge in [-0.2, -0.15) is 0 Å². The quantitative estimate of drug-likeness (QED) is 0.912. The summed E-state index contributed by atoms with van der Waals surface area (Å²) in [6, 6.07) is 7.51. The number of primary sulfonamides is 1. The van der Waals surface area contributed by atoms with Crippen LogP contribution in [0.4, 0.5) is 0 Å². The van der Waals surface area contributed by atoms with E-state index in [4.69, 9.17) is 9.88 Å². The van der Waals surface area contributed by atoms with Crippen LogP contribution in [0, 0.1) is 0 Å². The number of para-hydroxylation sites is 1. The average molecular weight is 308 g/mol. The first-order valence-corrected chi connectivity index (χ1v) is 8.13. The molecule has 0 bridgehead atoms. The molecule has 2 heterocycles. The SMILES string of the molecule is CC(C)n1c(C2COc3ccccc32)nnc1S(N)(=O)=O. The Labute approximate surface area is 122 Å². The monoisotopic (exact) mass is 308 g/mol. The average Bonchev–Trinajstić information content (AvgIpc) is 3.01. The lowest BCUT2D eigenvalue weighted by molar-refractivity contribution is 0.334. The summed E-state index contributed by atoms with van der Waals surface area (Å²) in [4.78, 5) is 0. The van der Waals surface area contributed by atoms with Crippen LogP contribution in [0.3, 0.4) is 0 Å². The minimum absolute atomic E-state index is 0.129. The molecule has 3 rings (SSSR count). The van der Waals surface area contributed by atoms with Crippen molar-refractivity contribution in [1.29, 1.82) is 0 Å². The van der Waals surface area contributed by atoms with Crippen LogP contribution in [-0.2, 0) is 10.0 Å². The Bertz CT molecular complexity index is 782. The molecule has 0 aliphatic carbocycles. The predicted molar refractivity (Wildman–Crippen MR) is 75.6 cm³/mol. The lowest BCUT2D eigenvalue weighted by Gasteiger charge is -2.16. The molecule has 1 atom stereocenters. The maximum absolute atomic E-state index is 11.7. The van der Waals surface area contributed by atoms with E-state index in [0.717, 1.165) is 11.3 Å². The molecule has 0 amide bonds. The van der Waals surface area contributed by atoms with E-state index in [0.29, 0.717) is 12.4 Å². The van der Waals surface area contributed by atoms with Crippen molar-refractivity contribution in [2.24, 2.45) is 5.14 Å². The lowest BCUT2D eigenvalue weighted by atomic mass is 10.0. The second kappa shape index (κ2) is 4.81. The van der Waals surface area contributed by atoms with E-state index in [1.54, 1.807) is 4.57 Å². The van der Waals surface area contributed by atoms with Gasteiger partial charge < -0.3 is 4.74 Å². The summed E-state index contributed by atoms with van der Waals surface area (Å²) in [6.07, 6.45) is 0. The first-order chi connectivity index (χ1) is 9.89. The summed E-state index contributed by atoms with van der Waals surface area (Å²) >= 11 is 0. The Kier molecular flexibility index (Phi) is 3.22. The summed E-state index contributed by atoms with van der Waals surface area (Å²) in [7, 11) is -3.92. The van der Waals surface area contributed by atoms with Crippen LogP contribution in [0.2, 0.25) is 0 Å². The fourth-order valence-electron chi connectivity index (χ4n) is 2.58. The van der Waals surface area contributed by atoms with Gasteiger partial charge in [0.2, 0.25) is 0 Å². The van der Waals surface area contributed by atoms with Gasteiger partial charge in [0.15, 0.2) is 0 Å². The second-order valence-corrected chi connectivity index (χ2v) is 6.71. The topological polar surface area (TPSA) is 100 Å². The summed E-state index contributed by atoms with van der Waals surface area (Å²) in [5.74, 6) is 1.20. The highest BCUT2D eigenvalue weighted by molar-refractivity contribution is 7.89.